The molecule has 1 fully saturated rings. The lowest BCUT2D eigenvalue weighted by atomic mass is 10.1. The Labute approximate surface area is 112 Å². The topological polar surface area (TPSA) is 45.2 Å². The fourth-order valence-electron chi connectivity index (χ4n) is 2.14. The van der Waals surface area contributed by atoms with Gasteiger partial charge in [-0.05, 0) is 12.8 Å². The van der Waals surface area contributed by atoms with Crippen LogP contribution in [0.4, 0.5) is 0 Å². The molecule has 1 atom stereocenters. The summed E-state index contributed by atoms with van der Waals surface area (Å²) < 4.78 is 0. The van der Waals surface area contributed by atoms with E-state index in [2.05, 4.69) is 31.1 Å². The van der Waals surface area contributed by atoms with Crippen molar-refractivity contribution in [1.82, 2.24) is 15.2 Å². The molecule has 100 valence electrons. The molecule has 2 rings (SSSR count). The SMILES string of the molecule is CC(C)Cc1nc(C(=O)N2CCNC[C@@H]2C)cs1. The first kappa shape index (κ1) is 13.5. The fourth-order valence-corrected chi connectivity index (χ4v) is 3.12. The molecule has 0 bridgehead atoms. The summed E-state index contributed by atoms with van der Waals surface area (Å²) in [6.45, 7) is 8.93. The van der Waals surface area contributed by atoms with Crippen LogP contribution in [0.15, 0.2) is 5.38 Å². The highest BCUT2D eigenvalue weighted by atomic mass is 32.1. The van der Waals surface area contributed by atoms with Crippen LogP contribution in [0.2, 0.25) is 0 Å². The van der Waals surface area contributed by atoms with Crippen molar-refractivity contribution < 1.29 is 4.79 Å². The Hall–Kier alpha value is -0.940. The van der Waals surface area contributed by atoms with E-state index >= 15 is 0 Å². The molecule has 1 aromatic heterocycles. The Balaban J connectivity index is 2.06. The fraction of sp³-hybridized carbons (Fsp3) is 0.692. The average Bonchev–Trinajstić information content (AvgIpc) is 2.76. The number of carbonyl (C=O) groups is 1. The minimum absolute atomic E-state index is 0.0789. The number of hydrogen-bond donors (Lipinski definition) is 1. The number of nitrogens with zero attached hydrogens (tertiary/aromatic N) is 2. The van der Waals surface area contributed by atoms with Gasteiger partial charge in [0.1, 0.15) is 5.69 Å². The number of thiazole rings is 1. The smallest absolute Gasteiger partial charge is 0.273 e. The van der Waals surface area contributed by atoms with Crippen molar-refractivity contribution in [3.8, 4) is 0 Å². The van der Waals surface area contributed by atoms with E-state index in [0.29, 0.717) is 11.6 Å². The van der Waals surface area contributed by atoms with Crippen LogP contribution >= 0.6 is 11.3 Å². The Morgan fingerprint density at radius 1 is 1.67 bits per heavy atom. The Morgan fingerprint density at radius 3 is 3.11 bits per heavy atom. The van der Waals surface area contributed by atoms with Crippen LogP contribution in [0.5, 0.6) is 0 Å². The summed E-state index contributed by atoms with van der Waals surface area (Å²) in [5.41, 5.74) is 0.615. The monoisotopic (exact) mass is 267 g/mol. The van der Waals surface area contributed by atoms with E-state index in [1.807, 2.05) is 10.3 Å². The highest BCUT2D eigenvalue weighted by Gasteiger charge is 2.25. The molecule has 0 spiro atoms. The van der Waals surface area contributed by atoms with E-state index in [9.17, 15) is 4.79 Å². The van der Waals surface area contributed by atoms with Crippen molar-refractivity contribution in [2.45, 2.75) is 33.2 Å². The Bertz CT molecular complexity index is 416. The number of hydrogen-bond acceptors (Lipinski definition) is 4. The summed E-state index contributed by atoms with van der Waals surface area (Å²) >= 11 is 1.60. The summed E-state index contributed by atoms with van der Waals surface area (Å²) in [5.74, 6) is 0.660. The second-order valence-electron chi connectivity index (χ2n) is 5.28. The molecular formula is C13H21N3OS. The molecule has 1 amide bonds. The van der Waals surface area contributed by atoms with Crippen LogP contribution < -0.4 is 5.32 Å². The lowest BCUT2D eigenvalue weighted by Gasteiger charge is -2.33. The number of aromatic nitrogens is 1. The third kappa shape index (κ3) is 3.09. The van der Waals surface area contributed by atoms with Gasteiger partial charge in [-0.3, -0.25) is 4.79 Å². The van der Waals surface area contributed by atoms with Crippen LogP contribution in [0, 0.1) is 5.92 Å². The first-order valence-electron chi connectivity index (χ1n) is 6.54. The Morgan fingerprint density at radius 2 is 2.44 bits per heavy atom. The van der Waals surface area contributed by atoms with Crippen LogP contribution in [0.1, 0.15) is 36.3 Å². The minimum atomic E-state index is 0.0789. The first-order chi connectivity index (χ1) is 8.58. The zero-order valence-electron chi connectivity index (χ0n) is 11.3. The van der Waals surface area contributed by atoms with Gasteiger partial charge in [-0.2, -0.15) is 0 Å². The summed E-state index contributed by atoms with van der Waals surface area (Å²) in [6.07, 6.45) is 0.953. The molecule has 4 nitrogen and oxygen atoms in total. The van der Waals surface area contributed by atoms with Crippen LogP contribution in [-0.2, 0) is 6.42 Å². The lowest BCUT2D eigenvalue weighted by molar-refractivity contribution is 0.0650. The van der Waals surface area contributed by atoms with Crippen molar-refractivity contribution in [3.63, 3.8) is 0 Å². The predicted octanol–water partition coefficient (Wildman–Crippen LogP) is 1.78. The van der Waals surface area contributed by atoms with Crippen LogP contribution in [0.25, 0.3) is 0 Å². The van der Waals surface area contributed by atoms with Gasteiger partial charge in [-0.1, -0.05) is 13.8 Å². The van der Waals surface area contributed by atoms with Gasteiger partial charge in [0, 0.05) is 37.5 Å². The Kier molecular flexibility index (Phi) is 4.35. The van der Waals surface area contributed by atoms with Crippen molar-refractivity contribution in [2.24, 2.45) is 5.92 Å². The molecule has 0 radical (unpaired) electrons. The zero-order valence-corrected chi connectivity index (χ0v) is 12.1. The second kappa shape index (κ2) is 5.80. The lowest BCUT2D eigenvalue weighted by Crippen LogP contribution is -2.52. The van der Waals surface area contributed by atoms with E-state index in [4.69, 9.17) is 0 Å². The number of carbonyl (C=O) groups excluding carboxylic acids is 1. The normalized spacial score (nSPS) is 20.4. The van der Waals surface area contributed by atoms with Gasteiger partial charge in [-0.25, -0.2) is 4.98 Å². The van der Waals surface area contributed by atoms with Gasteiger partial charge in [0.05, 0.1) is 5.01 Å². The number of nitrogens with one attached hydrogen (secondary N) is 1. The first-order valence-corrected chi connectivity index (χ1v) is 7.42. The van der Waals surface area contributed by atoms with Crippen molar-refractivity contribution in [2.75, 3.05) is 19.6 Å². The quantitative estimate of drug-likeness (QED) is 0.908. The van der Waals surface area contributed by atoms with Gasteiger partial charge in [-0.15, -0.1) is 11.3 Å². The molecule has 1 aromatic rings. The third-order valence-corrected chi connectivity index (χ3v) is 3.99. The van der Waals surface area contributed by atoms with E-state index in [0.717, 1.165) is 31.1 Å². The highest BCUT2D eigenvalue weighted by Crippen LogP contribution is 2.17. The van der Waals surface area contributed by atoms with E-state index < -0.39 is 0 Å². The van der Waals surface area contributed by atoms with Crippen molar-refractivity contribution in [3.05, 3.63) is 16.1 Å². The zero-order chi connectivity index (χ0) is 13.1. The summed E-state index contributed by atoms with van der Waals surface area (Å²) in [6, 6.07) is 0.251. The third-order valence-electron chi connectivity index (χ3n) is 3.12. The molecule has 0 aliphatic carbocycles. The number of rotatable bonds is 3. The largest absolute Gasteiger partial charge is 0.332 e. The van der Waals surface area contributed by atoms with E-state index in [1.165, 1.54) is 0 Å². The molecule has 18 heavy (non-hydrogen) atoms. The molecule has 1 aliphatic rings. The standard InChI is InChI=1S/C13H21N3OS/c1-9(2)6-12-15-11(8-18-12)13(17)16-5-4-14-7-10(16)3/h8-10,14H,4-7H2,1-3H3/t10-/m0/s1. The summed E-state index contributed by atoms with van der Waals surface area (Å²) in [7, 11) is 0. The molecular weight excluding hydrogens is 246 g/mol. The van der Waals surface area contributed by atoms with E-state index in [1.54, 1.807) is 11.3 Å². The van der Waals surface area contributed by atoms with Crippen LogP contribution in [-0.4, -0.2) is 41.5 Å². The maximum atomic E-state index is 12.4. The molecule has 1 saturated heterocycles. The second-order valence-corrected chi connectivity index (χ2v) is 6.22. The molecule has 0 saturated carbocycles. The van der Waals surface area contributed by atoms with Gasteiger partial charge in [0.15, 0.2) is 0 Å². The number of piperazine rings is 1. The molecule has 0 unspecified atom stereocenters. The van der Waals surface area contributed by atoms with Crippen molar-refractivity contribution >= 4 is 17.2 Å². The molecule has 1 aliphatic heterocycles. The van der Waals surface area contributed by atoms with E-state index in [-0.39, 0.29) is 11.9 Å². The summed E-state index contributed by atoms with van der Waals surface area (Å²) in [5, 5.41) is 6.25. The average molecular weight is 267 g/mol. The molecule has 0 aromatic carbocycles. The predicted molar refractivity (Wildman–Crippen MR) is 74.0 cm³/mol. The minimum Gasteiger partial charge on any atom is -0.332 e. The maximum absolute atomic E-state index is 12.4. The maximum Gasteiger partial charge on any atom is 0.273 e. The molecule has 1 N–H and O–H groups in total. The summed E-state index contributed by atoms with van der Waals surface area (Å²) in [4.78, 5) is 18.7. The van der Waals surface area contributed by atoms with Crippen LogP contribution in [0.3, 0.4) is 0 Å². The van der Waals surface area contributed by atoms with Gasteiger partial charge in [0.25, 0.3) is 5.91 Å². The number of amides is 1. The molecule has 2 heterocycles. The van der Waals surface area contributed by atoms with Crippen molar-refractivity contribution in [1.29, 1.82) is 0 Å². The van der Waals surface area contributed by atoms with Gasteiger partial charge in [0.2, 0.25) is 0 Å². The van der Waals surface area contributed by atoms with Gasteiger partial charge < -0.3 is 10.2 Å². The highest BCUT2D eigenvalue weighted by molar-refractivity contribution is 7.09. The van der Waals surface area contributed by atoms with Gasteiger partial charge >= 0.3 is 0 Å². The molecule has 5 heteroatoms.